The maximum atomic E-state index is 4.16. The van der Waals surface area contributed by atoms with Gasteiger partial charge in [0.05, 0.1) is 0 Å². The van der Waals surface area contributed by atoms with Crippen LogP contribution in [0.1, 0.15) is 33.0 Å². The zero-order valence-electron chi connectivity index (χ0n) is 9.88. The first kappa shape index (κ1) is 13.2. The van der Waals surface area contributed by atoms with Crippen LogP contribution in [0.15, 0.2) is 12.4 Å². The van der Waals surface area contributed by atoms with Gasteiger partial charge in [-0.1, -0.05) is 20.8 Å². The van der Waals surface area contributed by atoms with Crippen LogP contribution in [0.5, 0.6) is 0 Å². The minimum atomic E-state index is 1.06. The molecule has 0 atom stereocenters. The summed E-state index contributed by atoms with van der Waals surface area (Å²) in [4.78, 5) is 4.16. The molecule has 0 aliphatic carbocycles. The number of imidazole rings is 1. The maximum Gasteiger partial charge on any atom is 0.105 e. The molecule has 0 radical (unpaired) electrons. The highest BCUT2D eigenvalue weighted by Gasteiger charge is 1.94. The summed E-state index contributed by atoms with van der Waals surface area (Å²) in [6.45, 7) is 11.4. The van der Waals surface area contributed by atoms with Crippen LogP contribution >= 0.6 is 0 Å². The Balaban J connectivity index is 0.000000791. The molecule has 0 amide bonds. The predicted molar refractivity (Wildman–Crippen MR) is 61.5 cm³/mol. The number of rotatable bonds is 5. The zero-order valence-corrected chi connectivity index (χ0v) is 9.88. The van der Waals surface area contributed by atoms with E-state index in [4.69, 9.17) is 0 Å². The molecule has 14 heavy (non-hydrogen) atoms. The van der Waals surface area contributed by atoms with Gasteiger partial charge in [-0.15, -0.1) is 0 Å². The average Bonchev–Trinajstić information content (AvgIpc) is 2.62. The third kappa shape index (κ3) is 5.02. The molecule has 82 valence electrons. The SMILES string of the molecule is CC.CCNCCCn1ccnc1C. The first-order valence-electron chi connectivity index (χ1n) is 5.53. The van der Waals surface area contributed by atoms with E-state index in [1.807, 2.05) is 33.2 Å². The number of nitrogens with zero attached hydrogens (tertiary/aromatic N) is 2. The smallest absolute Gasteiger partial charge is 0.105 e. The van der Waals surface area contributed by atoms with Gasteiger partial charge in [-0.05, 0) is 26.4 Å². The van der Waals surface area contributed by atoms with Crippen LogP contribution in [0.2, 0.25) is 0 Å². The lowest BCUT2D eigenvalue weighted by Crippen LogP contribution is -2.16. The van der Waals surface area contributed by atoms with Crippen molar-refractivity contribution in [3.63, 3.8) is 0 Å². The summed E-state index contributed by atoms with van der Waals surface area (Å²) in [5.41, 5.74) is 0. The summed E-state index contributed by atoms with van der Waals surface area (Å²) in [6.07, 6.45) is 5.05. The van der Waals surface area contributed by atoms with Crippen LogP contribution in [-0.4, -0.2) is 22.6 Å². The van der Waals surface area contributed by atoms with E-state index in [1.165, 1.54) is 6.42 Å². The Morgan fingerprint density at radius 2 is 2.14 bits per heavy atom. The average molecular weight is 197 g/mol. The Labute approximate surface area is 87.5 Å². The van der Waals surface area contributed by atoms with Gasteiger partial charge in [0, 0.05) is 18.9 Å². The molecule has 0 bridgehead atoms. The van der Waals surface area contributed by atoms with E-state index in [-0.39, 0.29) is 0 Å². The molecule has 0 saturated carbocycles. The van der Waals surface area contributed by atoms with Crippen molar-refractivity contribution in [2.75, 3.05) is 13.1 Å². The monoisotopic (exact) mass is 197 g/mol. The number of nitrogens with one attached hydrogen (secondary N) is 1. The van der Waals surface area contributed by atoms with Crippen LogP contribution in [0.3, 0.4) is 0 Å². The van der Waals surface area contributed by atoms with Crippen molar-refractivity contribution >= 4 is 0 Å². The largest absolute Gasteiger partial charge is 0.335 e. The number of hydrogen-bond donors (Lipinski definition) is 1. The third-order valence-corrected chi connectivity index (χ3v) is 1.93. The fourth-order valence-corrected chi connectivity index (χ4v) is 1.19. The molecule has 1 rings (SSSR count). The Bertz CT molecular complexity index is 218. The highest BCUT2D eigenvalue weighted by atomic mass is 15.0. The summed E-state index contributed by atoms with van der Waals surface area (Å²) in [6, 6.07) is 0. The zero-order chi connectivity index (χ0) is 10.8. The van der Waals surface area contributed by atoms with Gasteiger partial charge in [0.1, 0.15) is 5.82 Å². The summed E-state index contributed by atoms with van der Waals surface area (Å²) >= 11 is 0. The van der Waals surface area contributed by atoms with Crippen molar-refractivity contribution < 1.29 is 0 Å². The normalized spacial score (nSPS) is 9.43. The standard InChI is InChI=1S/C9H17N3.C2H6/c1-3-10-5-4-7-12-8-6-11-9(12)2;1-2/h6,8,10H,3-5,7H2,1-2H3;1-2H3. The summed E-state index contributed by atoms with van der Waals surface area (Å²) in [7, 11) is 0. The molecule has 0 aliphatic heterocycles. The topological polar surface area (TPSA) is 29.9 Å². The highest BCUT2D eigenvalue weighted by Crippen LogP contribution is 1.95. The number of aryl methyl sites for hydroxylation is 2. The summed E-state index contributed by atoms with van der Waals surface area (Å²) in [5, 5.41) is 3.30. The van der Waals surface area contributed by atoms with E-state index in [9.17, 15) is 0 Å². The molecule has 0 saturated heterocycles. The molecular formula is C11H23N3. The van der Waals surface area contributed by atoms with Gasteiger partial charge < -0.3 is 9.88 Å². The van der Waals surface area contributed by atoms with Crippen LogP contribution in [0, 0.1) is 6.92 Å². The van der Waals surface area contributed by atoms with Gasteiger partial charge in [0.25, 0.3) is 0 Å². The van der Waals surface area contributed by atoms with Gasteiger partial charge in [0.2, 0.25) is 0 Å². The fourth-order valence-electron chi connectivity index (χ4n) is 1.19. The number of aromatic nitrogens is 2. The minimum Gasteiger partial charge on any atom is -0.335 e. The van der Waals surface area contributed by atoms with Crippen molar-refractivity contribution in [1.82, 2.24) is 14.9 Å². The Hall–Kier alpha value is -0.830. The van der Waals surface area contributed by atoms with E-state index in [0.29, 0.717) is 0 Å². The highest BCUT2D eigenvalue weighted by molar-refractivity contribution is 4.87. The van der Waals surface area contributed by atoms with Gasteiger partial charge in [0.15, 0.2) is 0 Å². The van der Waals surface area contributed by atoms with Gasteiger partial charge in [-0.2, -0.15) is 0 Å². The van der Waals surface area contributed by atoms with Crippen molar-refractivity contribution in [2.45, 2.75) is 40.7 Å². The second kappa shape index (κ2) is 8.75. The van der Waals surface area contributed by atoms with Crippen molar-refractivity contribution in [1.29, 1.82) is 0 Å². The molecule has 0 spiro atoms. The van der Waals surface area contributed by atoms with E-state index in [1.54, 1.807) is 0 Å². The lowest BCUT2D eigenvalue weighted by molar-refractivity contribution is 0.583. The molecule has 1 heterocycles. The Kier molecular flexibility index (Phi) is 8.24. The molecule has 0 fully saturated rings. The first-order valence-corrected chi connectivity index (χ1v) is 5.53. The molecular weight excluding hydrogens is 174 g/mol. The predicted octanol–water partition coefficient (Wildman–Crippen LogP) is 2.22. The van der Waals surface area contributed by atoms with Crippen LogP contribution in [0.25, 0.3) is 0 Å². The van der Waals surface area contributed by atoms with E-state index < -0.39 is 0 Å². The van der Waals surface area contributed by atoms with Crippen LogP contribution in [-0.2, 0) is 6.54 Å². The minimum absolute atomic E-state index is 1.06. The third-order valence-electron chi connectivity index (χ3n) is 1.93. The Morgan fingerprint density at radius 3 is 2.64 bits per heavy atom. The molecule has 0 aromatic carbocycles. The van der Waals surface area contributed by atoms with E-state index >= 15 is 0 Å². The molecule has 0 aliphatic rings. The van der Waals surface area contributed by atoms with Gasteiger partial charge >= 0.3 is 0 Å². The molecule has 1 aromatic heterocycles. The van der Waals surface area contributed by atoms with Crippen molar-refractivity contribution in [3.05, 3.63) is 18.2 Å². The van der Waals surface area contributed by atoms with Gasteiger partial charge in [-0.25, -0.2) is 4.98 Å². The Morgan fingerprint density at radius 1 is 1.43 bits per heavy atom. The summed E-state index contributed by atoms with van der Waals surface area (Å²) < 4.78 is 2.18. The van der Waals surface area contributed by atoms with Crippen LogP contribution in [0.4, 0.5) is 0 Å². The number of hydrogen-bond acceptors (Lipinski definition) is 2. The lowest BCUT2D eigenvalue weighted by Gasteiger charge is -2.04. The quantitative estimate of drug-likeness (QED) is 0.733. The second-order valence-electron chi connectivity index (χ2n) is 2.87. The van der Waals surface area contributed by atoms with Crippen LogP contribution < -0.4 is 5.32 Å². The molecule has 1 aromatic rings. The van der Waals surface area contributed by atoms with Crippen molar-refractivity contribution in [3.8, 4) is 0 Å². The van der Waals surface area contributed by atoms with E-state index in [2.05, 4.69) is 21.8 Å². The fraction of sp³-hybridized carbons (Fsp3) is 0.727. The maximum absolute atomic E-state index is 4.16. The second-order valence-corrected chi connectivity index (χ2v) is 2.87. The van der Waals surface area contributed by atoms with Crippen molar-refractivity contribution in [2.24, 2.45) is 0 Å². The van der Waals surface area contributed by atoms with Gasteiger partial charge in [-0.3, -0.25) is 0 Å². The molecule has 1 N–H and O–H groups in total. The van der Waals surface area contributed by atoms with E-state index in [0.717, 1.165) is 25.5 Å². The first-order chi connectivity index (χ1) is 6.84. The molecule has 3 nitrogen and oxygen atoms in total. The molecule has 3 heteroatoms. The lowest BCUT2D eigenvalue weighted by atomic mass is 10.4. The molecule has 0 unspecified atom stereocenters. The summed E-state index contributed by atoms with van der Waals surface area (Å²) in [5.74, 6) is 1.10.